The number of unbranched alkanes of at least 4 members (excludes halogenated alkanes) is 2. The Labute approximate surface area is 796 Å². The van der Waals surface area contributed by atoms with Crippen LogP contribution in [0.15, 0.2) is 116 Å². The largest absolute Gasteiger partial charge is 0.394 e. The van der Waals surface area contributed by atoms with Crippen molar-refractivity contribution in [1.29, 1.82) is 5.41 Å². The Bertz CT molecular complexity index is 5360. The number of carbonyl (C=O) groups is 17. The van der Waals surface area contributed by atoms with E-state index in [1.54, 1.807) is 105 Å². The standard InChI is InChI=1S/C93H129N25O18S/c1-9-11-29-73-87(131)109-64(36-52(3)4)82(126)114-72(76(120)32-33-77(94)121)48-137-49-79(123)105-68(37-54-22-14-13-15-23-54)89(133)115(6)53(5)80(124)111-70(42-78(95)122)91(135)118-35-21-31-74(118)88(132)110-67(41-58-46-99-51-104-58)84(128)108-66(40-57-45-98-50-103-57)85(129)113-71(47-119)86(130)107-65(38-55-43-101-61-26-18-16-24-59(55)61)83(127)106-63(28-20-34-100-93(96)97)81(125)112-69(39-56-44-102-62-27-19-17-25-60(56)62)90(134)117(8)75(30-12-10-2)92(136)116(73)7/h13-19,22-27,43-46,50-53,63-75,101-102,119H,9-12,20-21,28-42,47-49H2,1-8H3,(H2,94,121)(H2,95,122)(H,98,103)(H,99,104)(H,105,123)(H,106,127)(H,107,130)(H,108,128)(H,109,131)(H,110,132)(H,111,124)(H,112,125)(H,113,129)(H,114,126)(H4,96,97,100)/t53-,63-,64-,65-,66-,67-,68-,69-,70-,71-,72-,73-,74-,75-/m0/s1. The van der Waals surface area contributed by atoms with Crippen LogP contribution in [-0.4, -0.2) is 298 Å². The van der Waals surface area contributed by atoms with Crippen molar-refractivity contribution < 1.29 is 86.6 Å². The first-order chi connectivity index (χ1) is 65.5. The van der Waals surface area contributed by atoms with Crippen LogP contribution in [0.25, 0.3) is 21.8 Å². The second-order valence-electron chi connectivity index (χ2n) is 35.0. The Hall–Kier alpha value is -14.1. The number of amides is 16. The van der Waals surface area contributed by atoms with Gasteiger partial charge in [0.25, 0.3) is 0 Å². The van der Waals surface area contributed by atoms with Gasteiger partial charge < -0.3 is 120 Å². The molecule has 16 amide bonds. The van der Waals surface area contributed by atoms with E-state index in [0.29, 0.717) is 64.2 Å². The number of aliphatic hydroxyl groups is 1. The molecule has 7 aromatic rings. The predicted molar refractivity (Wildman–Crippen MR) is 507 cm³/mol. The number of aromatic nitrogens is 6. The third-order valence-electron chi connectivity index (χ3n) is 24.2. The fourth-order valence-corrected chi connectivity index (χ4v) is 17.4. The number of aromatic amines is 4. The number of benzene rings is 3. The molecule has 0 spiro atoms. The number of Topliss-reactive ketones (excluding diaryl/α,β-unsaturated/α-hetero) is 1. The fraction of sp³-hybridized carbons (Fsp3) is 0.505. The van der Waals surface area contributed by atoms with E-state index in [4.69, 9.17) is 22.6 Å². The molecular formula is C93H129N25O18S. The summed E-state index contributed by atoms with van der Waals surface area (Å²) in [6, 6.07) is 1.09. The lowest BCUT2D eigenvalue weighted by atomic mass is 9.99. The van der Waals surface area contributed by atoms with Gasteiger partial charge in [-0.25, -0.2) is 9.97 Å². The summed E-state index contributed by atoms with van der Waals surface area (Å²) in [6.45, 7) is 7.34. The highest BCUT2D eigenvalue weighted by Crippen LogP contribution is 2.27. The third kappa shape index (κ3) is 31.0. The van der Waals surface area contributed by atoms with E-state index in [9.17, 15) is 48.3 Å². The number of carbonyl (C=O) groups excluding carboxylic acids is 17. The molecule has 0 bridgehead atoms. The van der Waals surface area contributed by atoms with Gasteiger partial charge in [0.05, 0.1) is 48.9 Å². The molecule has 0 saturated carbocycles. The number of para-hydroxylation sites is 2. The number of aliphatic hydroxyl groups excluding tert-OH is 1. The van der Waals surface area contributed by atoms with Gasteiger partial charge in [-0.15, -0.1) is 11.8 Å². The van der Waals surface area contributed by atoms with Gasteiger partial charge in [0, 0.05) is 132 Å². The zero-order valence-electron chi connectivity index (χ0n) is 78.3. The molecule has 4 aromatic heterocycles. The monoisotopic (exact) mass is 1920 g/mol. The molecule has 3 aromatic carbocycles. The Balaban J connectivity index is 1.11. The zero-order chi connectivity index (χ0) is 99.7. The van der Waals surface area contributed by atoms with Gasteiger partial charge in [0.2, 0.25) is 94.5 Å². The van der Waals surface area contributed by atoms with E-state index in [-0.39, 0.29) is 107 Å². The van der Waals surface area contributed by atoms with E-state index in [1.807, 2.05) is 13.8 Å². The van der Waals surface area contributed by atoms with Crippen molar-refractivity contribution in [2.75, 3.05) is 52.3 Å². The molecule has 44 heteroatoms. The molecular weight excluding hydrogens is 1790 g/mol. The molecule has 2 fully saturated rings. The summed E-state index contributed by atoms with van der Waals surface area (Å²) in [5.41, 5.74) is 20.2. The highest BCUT2D eigenvalue weighted by Gasteiger charge is 2.44. The highest BCUT2D eigenvalue weighted by atomic mass is 32.2. The molecule has 2 aliphatic heterocycles. The molecule has 6 heterocycles. The van der Waals surface area contributed by atoms with Crippen LogP contribution in [0.2, 0.25) is 0 Å². The van der Waals surface area contributed by atoms with Crippen molar-refractivity contribution in [3.63, 3.8) is 0 Å². The molecule has 2 saturated heterocycles. The number of nitrogens with two attached hydrogens (primary N) is 3. The van der Waals surface area contributed by atoms with Crippen molar-refractivity contribution in [3.8, 4) is 0 Å². The molecule has 0 unspecified atom stereocenters. The Morgan fingerprint density at radius 2 is 0.993 bits per heavy atom. The summed E-state index contributed by atoms with van der Waals surface area (Å²) in [5.74, 6) is -16.9. The summed E-state index contributed by atoms with van der Waals surface area (Å²) in [7, 11) is 4.05. The number of hydrogen-bond acceptors (Lipinski definition) is 22. The number of H-pyrrole nitrogens is 4. The van der Waals surface area contributed by atoms with Crippen LogP contribution < -0.4 is 75.7 Å². The van der Waals surface area contributed by atoms with Crippen molar-refractivity contribution >= 4 is 140 Å². The SMILES string of the molecule is CCCC[C@H]1C(=O)N(C)[C@@H](CCCC)C(=O)N[C@@H](CC(C)C)C(=O)N[C@H](C(=O)CCC(N)=O)CSCC(=O)N[C@@H](Cc2ccccc2)C(=O)N(C)[C@@H](C)C(=O)N[C@@H](CC(N)=O)C(=O)N2CCC[C@H]2C(=O)N[C@@H](Cc2c[nH]cn2)C(=O)N[C@@H](Cc2c[nH]cn2)C(=O)N[C@@H](CO)C(=O)N[C@@H](Cc2c[nH]c3ccccc23)C(=O)N[C@@H](CCCNC(=N)N)C(=O)N[C@@H](Cc2c[nH]c3ccccc23)C(=O)N1C. The van der Waals surface area contributed by atoms with Crippen LogP contribution in [0.4, 0.5) is 0 Å². The number of fused-ring (bicyclic) bond motifs is 3. The molecule has 740 valence electrons. The van der Waals surface area contributed by atoms with E-state index in [2.05, 4.69) is 88.4 Å². The van der Waals surface area contributed by atoms with Gasteiger partial charge in [-0.2, -0.15) is 0 Å². The fourth-order valence-electron chi connectivity index (χ4n) is 16.5. The number of thioether (sulfide) groups is 1. The van der Waals surface area contributed by atoms with Crippen LogP contribution in [0, 0.1) is 11.3 Å². The quantitative estimate of drug-likeness (QED) is 0.0153. The van der Waals surface area contributed by atoms with Gasteiger partial charge in [-0.1, -0.05) is 120 Å². The van der Waals surface area contributed by atoms with Crippen LogP contribution in [0.3, 0.4) is 0 Å². The number of guanidine groups is 1. The van der Waals surface area contributed by atoms with Gasteiger partial charge in [0.15, 0.2) is 11.7 Å². The Morgan fingerprint density at radius 1 is 0.504 bits per heavy atom. The number of primary amides is 2. The lowest BCUT2D eigenvalue weighted by Gasteiger charge is -2.36. The first kappa shape index (κ1) is 107. The molecule has 0 aliphatic carbocycles. The molecule has 14 atom stereocenters. The third-order valence-corrected chi connectivity index (χ3v) is 25.3. The topological polar surface area (TPSA) is 647 Å². The smallest absolute Gasteiger partial charge is 0.246 e. The maximum Gasteiger partial charge on any atom is 0.246 e. The number of ketones is 1. The van der Waals surface area contributed by atoms with Gasteiger partial charge in [-0.05, 0) is 86.6 Å². The number of nitrogens with one attached hydrogen (secondary N) is 16. The van der Waals surface area contributed by atoms with Gasteiger partial charge >= 0.3 is 0 Å². The van der Waals surface area contributed by atoms with Gasteiger partial charge in [-0.3, -0.25) is 86.9 Å². The van der Waals surface area contributed by atoms with Crippen molar-refractivity contribution in [2.24, 2.45) is 23.1 Å². The predicted octanol–water partition coefficient (Wildman–Crippen LogP) is -0.913. The number of likely N-dealkylation sites (N-methyl/N-ethyl adjacent to an activating group) is 3. The zero-order valence-corrected chi connectivity index (χ0v) is 79.1. The summed E-state index contributed by atoms with van der Waals surface area (Å²) >= 11 is 0.863. The Kier molecular flexibility index (Phi) is 40.6. The van der Waals surface area contributed by atoms with Crippen molar-refractivity contribution in [3.05, 3.63) is 144 Å². The number of hydrogen-bond donors (Lipinski definition) is 20. The number of nitrogens with zero attached hydrogens (tertiary/aromatic N) is 6. The van der Waals surface area contributed by atoms with Crippen LogP contribution in [0.1, 0.15) is 153 Å². The highest BCUT2D eigenvalue weighted by molar-refractivity contribution is 8.00. The normalized spacial score (nSPS) is 23.6. The lowest BCUT2D eigenvalue weighted by Crippen LogP contribution is -2.62. The summed E-state index contributed by atoms with van der Waals surface area (Å²) < 4.78 is 0. The summed E-state index contributed by atoms with van der Waals surface area (Å²) in [5, 5.41) is 50.1. The summed E-state index contributed by atoms with van der Waals surface area (Å²) in [4.78, 5) is 276. The van der Waals surface area contributed by atoms with Gasteiger partial charge in [0.1, 0.15) is 78.5 Å². The van der Waals surface area contributed by atoms with E-state index in [0.717, 1.165) is 21.6 Å². The minimum Gasteiger partial charge on any atom is -0.394 e. The molecule has 137 heavy (non-hydrogen) atoms. The van der Waals surface area contributed by atoms with Crippen LogP contribution in [0.5, 0.6) is 0 Å². The molecule has 9 rings (SSSR count). The average Bonchev–Trinajstić information content (AvgIpc) is 1.80. The lowest BCUT2D eigenvalue weighted by molar-refractivity contribution is -0.149. The average molecular weight is 1920 g/mol. The molecule has 43 nitrogen and oxygen atoms in total. The number of rotatable bonds is 29. The minimum atomic E-state index is -1.92. The molecule has 2 aliphatic rings. The minimum absolute atomic E-state index is 0.0171. The second kappa shape index (κ2) is 52.1. The second-order valence-corrected chi connectivity index (χ2v) is 36.0. The maximum atomic E-state index is 16.0. The maximum absolute atomic E-state index is 16.0. The summed E-state index contributed by atoms with van der Waals surface area (Å²) in [6.07, 6.45) is 7.31. The first-order valence-electron chi connectivity index (χ1n) is 46.1. The Morgan fingerprint density at radius 3 is 1.55 bits per heavy atom. The molecule has 0 radical (unpaired) electrons. The van der Waals surface area contributed by atoms with E-state index < -0.39 is 229 Å². The van der Waals surface area contributed by atoms with Crippen molar-refractivity contribution in [1.82, 2.24) is 108 Å². The molecule has 23 N–H and O–H groups in total. The van der Waals surface area contributed by atoms with E-state index >= 15 is 38.4 Å². The number of imidazole rings is 2. The van der Waals surface area contributed by atoms with Crippen LogP contribution in [-0.2, 0) is 114 Å². The van der Waals surface area contributed by atoms with E-state index in [1.165, 1.54) is 62.9 Å². The van der Waals surface area contributed by atoms with Crippen LogP contribution >= 0.6 is 11.8 Å². The van der Waals surface area contributed by atoms with Crippen molar-refractivity contribution in [2.45, 2.75) is 241 Å². The first-order valence-corrected chi connectivity index (χ1v) is 47.2.